The monoisotopic (exact) mass is 374 g/mol. The van der Waals surface area contributed by atoms with E-state index in [4.69, 9.17) is 9.15 Å². The fourth-order valence-corrected chi connectivity index (χ4v) is 4.55. The molecule has 1 aromatic heterocycles. The number of hydrogen-bond donors (Lipinski definition) is 0. The first-order valence-corrected chi connectivity index (χ1v) is 9.80. The lowest BCUT2D eigenvalue weighted by Gasteiger charge is -2.38. The summed E-state index contributed by atoms with van der Waals surface area (Å²) < 4.78 is 25.2. The number of benzene rings is 1. The van der Waals surface area contributed by atoms with Crippen LogP contribution in [0.3, 0.4) is 0 Å². The molecule has 6 heteroatoms. The van der Waals surface area contributed by atoms with E-state index < -0.39 is 0 Å². The van der Waals surface area contributed by atoms with Crippen LogP contribution in [-0.2, 0) is 4.74 Å². The van der Waals surface area contributed by atoms with Gasteiger partial charge in [0, 0.05) is 43.2 Å². The summed E-state index contributed by atoms with van der Waals surface area (Å²) in [4.78, 5) is 17.5. The van der Waals surface area contributed by atoms with Crippen molar-refractivity contribution in [3.8, 4) is 0 Å². The van der Waals surface area contributed by atoms with Gasteiger partial charge in [-0.3, -0.25) is 9.69 Å². The zero-order valence-electron chi connectivity index (χ0n) is 16.2. The van der Waals surface area contributed by atoms with Crippen LogP contribution in [0.4, 0.5) is 4.39 Å². The Morgan fingerprint density at radius 2 is 2.00 bits per heavy atom. The number of aryl methyl sites for hydroxylation is 1. The number of morpholine rings is 1. The van der Waals surface area contributed by atoms with Crippen LogP contribution >= 0.6 is 0 Å². The molecule has 0 radical (unpaired) electrons. The highest BCUT2D eigenvalue weighted by molar-refractivity contribution is 5.99. The summed E-state index contributed by atoms with van der Waals surface area (Å²) in [7, 11) is 0. The Morgan fingerprint density at radius 1 is 1.26 bits per heavy atom. The van der Waals surface area contributed by atoms with Crippen LogP contribution < -0.4 is 0 Å². The van der Waals surface area contributed by atoms with Crippen molar-refractivity contribution in [1.82, 2.24) is 9.80 Å². The Kier molecular flexibility index (Phi) is 4.95. The molecular formula is C21H27FN2O3. The molecule has 1 aromatic carbocycles. The van der Waals surface area contributed by atoms with Gasteiger partial charge in [-0.05, 0) is 51.8 Å². The molecule has 2 aliphatic heterocycles. The average molecular weight is 374 g/mol. The summed E-state index contributed by atoms with van der Waals surface area (Å²) in [5.41, 5.74) is 1.28. The first-order valence-electron chi connectivity index (χ1n) is 9.80. The molecular weight excluding hydrogens is 347 g/mol. The van der Waals surface area contributed by atoms with E-state index in [-0.39, 0.29) is 30.0 Å². The predicted molar refractivity (Wildman–Crippen MR) is 101 cm³/mol. The maximum atomic E-state index is 13.6. The number of ether oxygens (including phenoxy) is 1. The number of likely N-dealkylation sites (tertiary alicyclic amines) is 1. The maximum Gasteiger partial charge on any atom is 0.290 e. The normalized spacial score (nSPS) is 26.8. The Hall–Kier alpha value is -1.92. The summed E-state index contributed by atoms with van der Waals surface area (Å²) in [6, 6.07) is 4.56. The van der Waals surface area contributed by atoms with Crippen LogP contribution in [0.25, 0.3) is 11.0 Å². The van der Waals surface area contributed by atoms with Gasteiger partial charge in [-0.2, -0.15) is 0 Å². The number of carbonyl (C=O) groups is 1. The van der Waals surface area contributed by atoms with Crippen molar-refractivity contribution in [2.75, 3.05) is 26.2 Å². The fraction of sp³-hybridized carbons (Fsp3) is 0.571. The number of hydrogen-bond acceptors (Lipinski definition) is 4. The largest absolute Gasteiger partial charge is 0.451 e. The molecule has 5 nitrogen and oxygen atoms in total. The van der Waals surface area contributed by atoms with Crippen molar-refractivity contribution >= 4 is 16.9 Å². The Balaban J connectivity index is 1.53. The minimum atomic E-state index is -0.319. The van der Waals surface area contributed by atoms with Gasteiger partial charge in [0.1, 0.15) is 11.4 Å². The number of halogens is 1. The van der Waals surface area contributed by atoms with Crippen molar-refractivity contribution in [2.45, 2.75) is 51.9 Å². The lowest BCUT2D eigenvalue weighted by molar-refractivity contribution is -0.0715. The number of nitrogens with zero attached hydrogens (tertiary/aromatic N) is 2. The molecule has 4 rings (SSSR count). The highest BCUT2D eigenvalue weighted by atomic mass is 19.1. The predicted octanol–water partition coefficient (Wildman–Crippen LogP) is 3.59. The quantitative estimate of drug-likeness (QED) is 0.824. The van der Waals surface area contributed by atoms with E-state index >= 15 is 0 Å². The minimum absolute atomic E-state index is 0.0824. The Bertz CT molecular complexity index is 839. The van der Waals surface area contributed by atoms with E-state index in [0.717, 1.165) is 39.0 Å². The third-order valence-corrected chi connectivity index (χ3v) is 5.69. The lowest BCUT2D eigenvalue weighted by Crippen LogP contribution is -2.50. The van der Waals surface area contributed by atoms with Gasteiger partial charge in [-0.15, -0.1) is 0 Å². The van der Waals surface area contributed by atoms with Crippen molar-refractivity contribution in [3.05, 3.63) is 35.3 Å². The van der Waals surface area contributed by atoms with Gasteiger partial charge in [0.25, 0.3) is 5.91 Å². The van der Waals surface area contributed by atoms with Gasteiger partial charge >= 0.3 is 0 Å². The van der Waals surface area contributed by atoms with E-state index in [1.54, 1.807) is 6.07 Å². The van der Waals surface area contributed by atoms with Gasteiger partial charge < -0.3 is 14.1 Å². The first kappa shape index (κ1) is 18.4. The first-order chi connectivity index (χ1) is 12.9. The molecule has 0 aliphatic carbocycles. The number of rotatable bonds is 3. The second-order valence-corrected chi connectivity index (χ2v) is 7.97. The molecule has 2 aliphatic rings. The van der Waals surface area contributed by atoms with Crippen molar-refractivity contribution in [2.24, 2.45) is 0 Å². The fourth-order valence-electron chi connectivity index (χ4n) is 4.55. The second kappa shape index (κ2) is 7.24. The van der Waals surface area contributed by atoms with Crippen LogP contribution in [0.2, 0.25) is 0 Å². The summed E-state index contributed by atoms with van der Waals surface area (Å²) in [5, 5.41) is 0.671. The minimum Gasteiger partial charge on any atom is -0.451 e. The SMILES string of the molecule is Cc1c(C(=O)N2CCC[C@H]2CN2C[C@@H](C)O[C@@H](C)C2)oc2ccc(F)cc12. The summed E-state index contributed by atoms with van der Waals surface area (Å²) in [6.45, 7) is 9.41. The topological polar surface area (TPSA) is 45.9 Å². The van der Waals surface area contributed by atoms with E-state index in [0.29, 0.717) is 22.3 Å². The molecule has 3 heterocycles. The molecule has 0 unspecified atom stereocenters. The molecule has 2 fully saturated rings. The summed E-state index contributed by atoms with van der Waals surface area (Å²) in [5.74, 6) is -0.0628. The van der Waals surface area contributed by atoms with Gasteiger partial charge in [-0.25, -0.2) is 4.39 Å². The third kappa shape index (κ3) is 3.60. The van der Waals surface area contributed by atoms with E-state index in [1.807, 2.05) is 11.8 Å². The number of carbonyl (C=O) groups excluding carboxylic acids is 1. The molecule has 0 N–H and O–H groups in total. The van der Waals surface area contributed by atoms with E-state index in [9.17, 15) is 9.18 Å². The highest BCUT2D eigenvalue weighted by Gasteiger charge is 2.35. The standard InChI is InChI=1S/C21H27FN2O3/c1-13-10-23(11-14(2)26-13)12-17-5-4-8-24(17)21(25)20-15(3)18-9-16(22)6-7-19(18)27-20/h6-7,9,13-14,17H,4-5,8,10-12H2,1-3H3/t13-,14+,17-/m0/s1. The van der Waals surface area contributed by atoms with Crippen LogP contribution in [0.5, 0.6) is 0 Å². The zero-order valence-corrected chi connectivity index (χ0v) is 16.2. The molecule has 27 heavy (non-hydrogen) atoms. The van der Waals surface area contributed by atoms with Crippen molar-refractivity contribution in [3.63, 3.8) is 0 Å². The zero-order chi connectivity index (χ0) is 19.1. The van der Waals surface area contributed by atoms with Gasteiger partial charge in [-0.1, -0.05) is 0 Å². The smallest absolute Gasteiger partial charge is 0.290 e. The van der Waals surface area contributed by atoms with Crippen LogP contribution in [0.1, 0.15) is 42.8 Å². The van der Waals surface area contributed by atoms with Crippen LogP contribution in [-0.4, -0.2) is 60.1 Å². The summed E-state index contributed by atoms with van der Waals surface area (Å²) in [6.07, 6.45) is 2.43. The molecule has 146 valence electrons. The Morgan fingerprint density at radius 3 is 2.74 bits per heavy atom. The molecule has 0 spiro atoms. The third-order valence-electron chi connectivity index (χ3n) is 5.69. The van der Waals surface area contributed by atoms with Crippen LogP contribution in [0.15, 0.2) is 22.6 Å². The number of amides is 1. The lowest BCUT2D eigenvalue weighted by atomic mass is 10.1. The molecule has 2 aromatic rings. The molecule has 0 bridgehead atoms. The average Bonchev–Trinajstić information content (AvgIpc) is 3.18. The number of furan rings is 1. The second-order valence-electron chi connectivity index (χ2n) is 7.97. The van der Waals surface area contributed by atoms with Crippen molar-refractivity contribution < 1.29 is 18.3 Å². The molecule has 3 atom stereocenters. The molecule has 1 amide bonds. The maximum absolute atomic E-state index is 13.6. The molecule has 0 saturated carbocycles. The van der Waals surface area contributed by atoms with E-state index in [2.05, 4.69) is 18.7 Å². The summed E-state index contributed by atoms with van der Waals surface area (Å²) >= 11 is 0. The van der Waals surface area contributed by atoms with Gasteiger partial charge in [0.15, 0.2) is 5.76 Å². The molecule has 2 saturated heterocycles. The highest BCUT2D eigenvalue weighted by Crippen LogP contribution is 2.29. The Labute approximate surface area is 159 Å². The van der Waals surface area contributed by atoms with Crippen LogP contribution in [0, 0.1) is 12.7 Å². The van der Waals surface area contributed by atoms with Gasteiger partial charge in [0.05, 0.1) is 12.2 Å². The van der Waals surface area contributed by atoms with Crippen molar-refractivity contribution in [1.29, 1.82) is 0 Å². The van der Waals surface area contributed by atoms with Gasteiger partial charge in [0.2, 0.25) is 0 Å². The van der Waals surface area contributed by atoms with E-state index in [1.165, 1.54) is 12.1 Å². The number of fused-ring (bicyclic) bond motifs is 1.